The fraction of sp³-hybridized carbons (Fsp3) is 0.455. The molecule has 0 aromatic heterocycles. The number of nitrogens with zero attached hydrogens (tertiary/aromatic N) is 3. The second kappa shape index (κ2) is 48.0. The maximum atomic E-state index is 14.0. The number of halogens is 3. The molecule has 9 amide bonds. The van der Waals surface area contributed by atoms with Gasteiger partial charge in [0, 0.05) is 115 Å². The Labute approximate surface area is 714 Å². The highest BCUT2D eigenvalue weighted by molar-refractivity contribution is 5.98. The second-order valence-corrected chi connectivity index (χ2v) is 30.9. The average Bonchev–Trinajstić information content (AvgIpc) is 1.80. The summed E-state index contributed by atoms with van der Waals surface area (Å²) in [6, 6.07) is 26.2. The van der Waals surface area contributed by atoms with Crippen molar-refractivity contribution in [2.45, 2.75) is 159 Å². The number of fused-ring (bicyclic) bond motifs is 3. The van der Waals surface area contributed by atoms with Crippen molar-refractivity contribution in [2.75, 3.05) is 93.4 Å². The first kappa shape index (κ1) is 96.4. The van der Waals surface area contributed by atoms with Gasteiger partial charge in [0.25, 0.3) is 0 Å². The Morgan fingerprint density at radius 3 is 1.15 bits per heavy atom. The van der Waals surface area contributed by atoms with E-state index in [0.29, 0.717) is 125 Å². The summed E-state index contributed by atoms with van der Waals surface area (Å²) in [7, 11) is 4.58. The van der Waals surface area contributed by atoms with Gasteiger partial charge in [-0.3, -0.25) is 59.4 Å². The molecule has 0 saturated heterocycles. The minimum atomic E-state index is -0.992. The molecule has 9 atom stereocenters. The summed E-state index contributed by atoms with van der Waals surface area (Å²) in [5, 5.41) is 59.1. The molecule has 3 aliphatic heterocycles. The maximum Gasteiger partial charge on any atom is 0.243 e. The number of hydrogen-bond donors (Lipinski definition) is 17. The van der Waals surface area contributed by atoms with Crippen LogP contribution in [-0.2, 0) is 81.7 Å². The number of amidine groups is 3. The number of aryl methyl sites for hydroxylation is 3. The van der Waals surface area contributed by atoms with Gasteiger partial charge in [0.1, 0.15) is 114 Å². The largest absolute Gasteiger partial charge is 0.492 e. The molecule has 123 heavy (non-hydrogen) atoms. The summed E-state index contributed by atoms with van der Waals surface area (Å²) < 4.78 is 59.4. The third-order valence-corrected chi connectivity index (χ3v) is 21.8. The Hall–Kier alpha value is -12.1. The molecule has 32 nitrogen and oxygen atoms in total. The lowest BCUT2D eigenvalue weighted by Gasteiger charge is -2.30. The SMILES string of the molecule is C[C@@H]1C(=O)N[C@H](Cc2ccc(C(=N)N)cc2)C(=O)NCCCc2ccc(F)cc2OCCN[C@@H](CCCN)C(=O)N1C.C[C@@H]1C(=O)N[C@H](Cc2ccc(C(=N)N)cc2)C(=O)NCCCc2ccc(F)cc2OCCN[C@@H](CO)C(=O)N1C.C[C@@H]1C(=O)N[C@H](Cc2cccc(C(=N)N)c2)C(=O)NCCCc2ccc(F)cc2OCCN[C@@H](C2CC2)C(=O)N1C. The van der Waals surface area contributed by atoms with Gasteiger partial charge in [-0.15, -0.1) is 0 Å². The van der Waals surface area contributed by atoms with Crippen molar-refractivity contribution in [3.63, 3.8) is 0 Å². The predicted molar refractivity (Wildman–Crippen MR) is 459 cm³/mol. The van der Waals surface area contributed by atoms with Crippen molar-refractivity contribution < 1.29 is 75.6 Å². The summed E-state index contributed by atoms with van der Waals surface area (Å²) >= 11 is 0. The third-order valence-electron chi connectivity index (χ3n) is 21.8. The number of likely N-dealkylation sites (N-methyl/N-ethyl adjacent to an activating group) is 3. The van der Waals surface area contributed by atoms with Gasteiger partial charge in [-0.25, -0.2) is 13.2 Å². The van der Waals surface area contributed by atoms with Crippen LogP contribution in [0.2, 0.25) is 0 Å². The molecular formula is C88H118F3N19O13. The van der Waals surface area contributed by atoms with Gasteiger partial charge >= 0.3 is 0 Å². The lowest BCUT2D eigenvalue weighted by Crippen LogP contribution is -2.57. The van der Waals surface area contributed by atoms with E-state index in [1.807, 2.05) is 0 Å². The van der Waals surface area contributed by atoms with Crippen LogP contribution in [0.25, 0.3) is 0 Å². The first-order valence-corrected chi connectivity index (χ1v) is 41.4. The number of aliphatic hydroxyl groups excluding tert-OH is 1. The fourth-order valence-electron chi connectivity index (χ4n) is 13.9. The van der Waals surface area contributed by atoms with Crippen LogP contribution in [0.1, 0.15) is 116 Å². The van der Waals surface area contributed by atoms with Gasteiger partial charge < -0.3 is 105 Å². The summed E-state index contributed by atoms with van der Waals surface area (Å²) in [6.45, 7) is 7.09. The number of carbonyl (C=O) groups excluding carboxylic acids is 9. The quantitative estimate of drug-likeness (QED) is 0.0550. The Morgan fingerprint density at radius 1 is 0.431 bits per heavy atom. The van der Waals surface area contributed by atoms with E-state index in [2.05, 4.69) is 47.9 Å². The Bertz CT molecular complexity index is 4640. The van der Waals surface area contributed by atoms with Crippen LogP contribution in [0, 0.1) is 39.6 Å². The number of aliphatic hydroxyl groups is 1. The van der Waals surface area contributed by atoms with E-state index in [1.54, 1.807) is 119 Å². The van der Waals surface area contributed by atoms with Crippen molar-refractivity contribution in [3.05, 3.63) is 195 Å². The normalized spacial score (nSPS) is 22.1. The summed E-state index contributed by atoms with van der Waals surface area (Å²) in [6.07, 6.45) is 6.67. The molecule has 1 fully saturated rings. The van der Waals surface area contributed by atoms with Crippen LogP contribution in [0.3, 0.4) is 0 Å². The van der Waals surface area contributed by atoms with Gasteiger partial charge in [-0.1, -0.05) is 84.9 Å². The van der Waals surface area contributed by atoms with E-state index in [1.165, 1.54) is 65.1 Å². The molecule has 21 N–H and O–H groups in total. The Kier molecular flexibility index (Phi) is 37.6. The Morgan fingerprint density at radius 2 is 0.789 bits per heavy atom. The van der Waals surface area contributed by atoms with Crippen LogP contribution in [0.5, 0.6) is 17.2 Å². The monoisotopic (exact) mass is 1710 g/mol. The number of carbonyl (C=O) groups is 9. The number of ether oxygens (including phenoxy) is 3. The minimum Gasteiger partial charge on any atom is -0.492 e. The molecule has 0 radical (unpaired) electrons. The van der Waals surface area contributed by atoms with Crippen molar-refractivity contribution in [1.29, 1.82) is 16.2 Å². The molecule has 6 aromatic rings. The van der Waals surface area contributed by atoms with Crippen LogP contribution >= 0.6 is 0 Å². The molecule has 10 rings (SSSR count). The van der Waals surface area contributed by atoms with Crippen LogP contribution in [0.15, 0.2) is 127 Å². The predicted octanol–water partition coefficient (Wildman–Crippen LogP) is 2.39. The zero-order valence-corrected chi connectivity index (χ0v) is 70.5. The van der Waals surface area contributed by atoms with Crippen molar-refractivity contribution in [1.82, 2.24) is 62.6 Å². The first-order chi connectivity index (χ1) is 58.8. The van der Waals surface area contributed by atoms with E-state index in [9.17, 15) is 61.4 Å². The standard InChI is InChI=1S/C30H42FN7O4.C30H39FN6O4.C28H37FN6O5/c1-19-28(39)37-25(17-20-7-9-22(10-8-20)27(33)34)29(40)36-14-4-5-21-11-12-23(31)18-26(21)42-16-15-35-24(6-3-13-32)30(41)38(19)2;1-18-28(38)36-24(16-19-5-3-6-22(15-19)27(32)33)29(39)35-12-4-7-20-10-11-23(31)17-25(20)41-14-13-34-26(21-8-9-21)30(40)37(18)2;1-17-26(37)34-22(14-18-5-7-20(8-6-18)25(30)31)27(38)33-11-3-4-19-9-10-21(29)15-24(19)40-13-12-32-23(16-36)28(39)35(17)2/h7-12,18-19,24-25,35H,3-6,13-17,32H2,1-2H3,(H3,33,34)(H,36,40)(H,37,39);3,5-6,10-11,15,17-18,21,24,26,34H,4,7-9,12-14,16H2,1-2H3,(H3,32,33)(H,35,39)(H,36,38);5-10,15,17,22-23,32,36H,3-4,11-14,16H2,1-2H3,(H3,30,31)(H,33,38)(H,34,37)/t19-,24+,25-;18-,24-,26+;17-,22-,23+/m111/s1. The van der Waals surface area contributed by atoms with E-state index in [0.717, 1.165) is 46.2 Å². The number of nitrogens with two attached hydrogens (primary N) is 4. The highest BCUT2D eigenvalue weighted by atomic mass is 19.1. The molecule has 0 spiro atoms. The van der Waals surface area contributed by atoms with Crippen molar-refractivity contribution in [2.24, 2.45) is 28.9 Å². The highest BCUT2D eigenvalue weighted by Gasteiger charge is 2.40. The lowest BCUT2D eigenvalue weighted by molar-refractivity contribution is -0.141. The second-order valence-electron chi connectivity index (χ2n) is 30.9. The van der Waals surface area contributed by atoms with E-state index in [4.69, 9.17) is 53.4 Å². The van der Waals surface area contributed by atoms with E-state index in [-0.39, 0.29) is 92.7 Å². The van der Waals surface area contributed by atoms with Crippen LogP contribution < -0.4 is 85.0 Å². The average molecular weight is 1710 g/mol. The molecule has 0 bridgehead atoms. The molecule has 4 aliphatic rings. The number of nitrogens with one attached hydrogen (secondary N) is 12. The van der Waals surface area contributed by atoms with Gasteiger partial charge in [0.15, 0.2) is 0 Å². The topological polar surface area (TPSA) is 495 Å². The highest BCUT2D eigenvalue weighted by Crippen LogP contribution is 2.34. The Balaban J connectivity index is 0.000000229. The summed E-state index contributed by atoms with van der Waals surface area (Å²) in [5.41, 5.74) is 28.6. The smallest absolute Gasteiger partial charge is 0.243 e. The lowest BCUT2D eigenvalue weighted by atomic mass is 10.0. The summed E-state index contributed by atoms with van der Waals surface area (Å²) in [5.74, 6) is -3.74. The number of benzene rings is 6. The van der Waals surface area contributed by atoms with E-state index < -0.39 is 108 Å². The molecular weight excluding hydrogens is 1590 g/mol. The van der Waals surface area contributed by atoms with E-state index >= 15 is 0 Å². The van der Waals surface area contributed by atoms with Crippen LogP contribution in [0.4, 0.5) is 13.2 Å². The number of rotatable bonds is 14. The van der Waals surface area contributed by atoms with Crippen molar-refractivity contribution in [3.8, 4) is 17.2 Å². The molecule has 1 aliphatic carbocycles. The molecule has 664 valence electrons. The van der Waals surface area contributed by atoms with Gasteiger partial charge in [-0.05, 0) is 155 Å². The number of amides is 9. The molecule has 6 aromatic carbocycles. The summed E-state index contributed by atoms with van der Waals surface area (Å²) in [4.78, 5) is 123. The fourth-order valence-corrected chi connectivity index (χ4v) is 13.9. The molecule has 3 heterocycles. The van der Waals surface area contributed by atoms with Gasteiger partial charge in [-0.2, -0.15) is 0 Å². The first-order valence-electron chi connectivity index (χ1n) is 41.4. The third kappa shape index (κ3) is 29.6. The van der Waals surface area contributed by atoms with Gasteiger partial charge in [0.05, 0.1) is 18.7 Å². The zero-order valence-electron chi connectivity index (χ0n) is 70.5. The molecule has 35 heteroatoms. The minimum absolute atomic E-state index is 0.0701. The zero-order chi connectivity index (χ0) is 89.4. The molecule has 1 saturated carbocycles. The number of nitrogen functional groups attached to an aromatic ring is 3. The van der Waals surface area contributed by atoms with Gasteiger partial charge in [0.2, 0.25) is 53.2 Å². The number of hydrogen-bond acceptors (Lipinski definition) is 20. The van der Waals surface area contributed by atoms with Crippen molar-refractivity contribution >= 4 is 70.7 Å². The maximum absolute atomic E-state index is 14.0. The molecule has 0 unspecified atom stereocenters. The van der Waals surface area contributed by atoms with Crippen LogP contribution in [-0.4, -0.2) is 238 Å².